The van der Waals surface area contributed by atoms with E-state index < -0.39 is 0 Å². The van der Waals surface area contributed by atoms with Gasteiger partial charge in [0.15, 0.2) is 0 Å². The molecule has 3 N–H and O–H groups in total. The number of hydrogen-bond donors (Lipinski definition) is 3. The summed E-state index contributed by atoms with van der Waals surface area (Å²) in [5, 5.41) is 16.0. The minimum Gasteiger partial charge on any atom is -0.487 e. The van der Waals surface area contributed by atoms with Gasteiger partial charge in [-0.25, -0.2) is 14.4 Å². The number of carbonyl (C=O) groups excluding carboxylic acids is 1. The number of pyridine rings is 1. The Bertz CT molecular complexity index is 1480. The van der Waals surface area contributed by atoms with Crippen LogP contribution in [0.1, 0.15) is 6.42 Å². The normalized spacial score (nSPS) is 15.4. The van der Waals surface area contributed by atoms with Gasteiger partial charge in [0.25, 0.3) is 0 Å². The summed E-state index contributed by atoms with van der Waals surface area (Å²) in [6.45, 7) is 5.73. The molecule has 1 aliphatic heterocycles. The van der Waals surface area contributed by atoms with Crippen molar-refractivity contribution < 1.29 is 19.0 Å². The van der Waals surface area contributed by atoms with Gasteiger partial charge in [-0.1, -0.05) is 18.7 Å². The Morgan fingerprint density at radius 1 is 1.21 bits per heavy atom. The SMILES string of the molecule is C=CC(=O)Nc1cc2c(Nc3ccnc(-c4ccccc4F)c3)ncnc2cc1O[C@@H]1CCN(CCO)C1. The third-order valence-corrected chi connectivity index (χ3v) is 6.29. The highest BCUT2D eigenvalue weighted by molar-refractivity contribution is 6.03. The Labute approximate surface area is 219 Å². The summed E-state index contributed by atoms with van der Waals surface area (Å²) < 4.78 is 20.6. The lowest BCUT2D eigenvalue weighted by Gasteiger charge is -2.19. The van der Waals surface area contributed by atoms with Crippen molar-refractivity contribution in [2.45, 2.75) is 12.5 Å². The van der Waals surface area contributed by atoms with Crippen molar-refractivity contribution in [3.63, 3.8) is 0 Å². The monoisotopic (exact) mass is 514 g/mol. The van der Waals surface area contributed by atoms with Gasteiger partial charge in [-0.3, -0.25) is 14.7 Å². The van der Waals surface area contributed by atoms with E-state index in [9.17, 15) is 14.3 Å². The Morgan fingerprint density at radius 3 is 2.89 bits per heavy atom. The summed E-state index contributed by atoms with van der Waals surface area (Å²) in [6.07, 6.45) is 4.93. The molecule has 38 heavy (non-hydrogen) atoms. The second kappa shape index (κ2) is 11.3. The highest BCUT2D eigenvalue weighted by atomic mass is 19.1. The van der Waals surface area contributed by atoms with Gasteiger partial charge in [-0.2, -0.15) is 0 Å². The highest BCUT2D eigenvalue weighted by Crippen LogP contribution is 2.35. The average Bonchev–Trinajstić information content (AvgIpc) is 3.36. The molecular formula is C28H27FN6O3. The smallest absolute Gasteiger partial charge is 0.247 e. The van der Waals surface area contributed by atoms with Crippen LogP contribution in [0.4, 0.5) is 21.6 Å². The lowest BCUT2D eigenvalue weighted by atomic mass is 10.1. The summed E-state index contributed by atoms with van der Waals surface area (Å²) in [5.74, 6) is 0.245. The number of hydrogen-bond acceptors (Lipinski definition) is 8. The molecule has 2 aromatic carbocycles. The predicted octanol–water partition coefficient (Wildman–Crippen LogP) is 4.14. The number of fused-ring (bicyclic) bond motifs is 1. The molecule has 9 nitrogen and oxygen atoms in total. The number of amides is 1. The van der Waals surface area contributed by atoms with Crippen LogP contribution < -0.4 is 15.4 Å². The van der Waals surface area contributed by atoms with Crippen molar-refractivity contribution in [1.29, 1.82) is 0 Å². The first-order valence-corrected chi connectivity index (χ1v) is 12.2. The number of rotatable bonds is 9. The fourth-order valence-corrected chi connectivity index (χ4v) is 4.44. The third-order valence-electron chi connectivity index (χ3n) is 6.29. The largest absolute Gasteiger partial charge is 0.487 e. The van der Waals surface area contributed by atoms with E-state index in [-0.39, 0.29) is 24.4 Å². The second-order valence-electron chi connectivity index (χ2n) is 8.87. The number of halogens is 1. The number of aliphatic hydroxyl groups is 1. The fraction of sp³-hybridized carbons (Fsp3) is 0.214. The summed E-state index contributed by atoms with van der Waals surface area (Å²) >= 11 is 0. The minimum atomic E-state index is -0.377. The number of benzene rings is 2. The van der Waals surface area contributed by atoms with E-state index in [0.29, 0.717) is 58.2 Å². The number of nitrogens with one attached hydrogen (secondary N) is 2. The molecule has 1 amide bonds. The topological polar surface area (TPSA) is 112 Å². The van der Waals surface area contributed by atoms with Gasteiger partial charge in [0, 0.05) is 48.5 Å². The Balaban J connectivity index is 1.47. The molecule has 0 bridgehead atoms. The quantitative estimate of drug-likeness (QED) is 0.286. The number of anilines is 3. The van der Waals surface area contributed by atoms with Gasteiger partial charge < -0.3 is 20.5 Å². The van der Waals surface area contributed by atoms with Gasteiger partial charge >= 0.3 is 0 Å². The van der Waals surface area contributed by atoms with E-state index >= 15 is 0 Å². The molecule has 1 fully saturated rings. The Morgan fingerprint density at radius 2 is 2.08 bits per heavy atom. The summed E-state index contributed by atoms with van der Waals surface area (Å²) in [6, 6.07) is 13.5. The maximum absolute atomic E-state index is 14.3. The van der Waals surface area contributed by atoms with Gasteiger partial charge in [0.1, 0.15) is 29.8 Å². The zero-order valence-electron chi connectivity index (χ0n) is 20.6. The van der Waals surface area contributed by atoms with Crippen LogP contribution in [-0.4, -0.2) is 63.2 Å². The maximum atomic E-state index is 14.3. The van der Waals surface area contributed by atoms with E-state index in [1.807, 2.05) is 0 Å². The molecule has 1 atom stereocenters. The molecule has 0 aliphatic carbocycles. The van der Waals surface area contributed by atoms with E-state index in [0.717, 1.165) is 13.0 Å². The maximum Gasteiger partial charge on any atom is 0.247 e. The molecule has 0 saturated carbocycles. The lowest BCUT2D eigenvalue weighted by molar-refractivity contribution is -0.111. The number of carbonyl (C=O) groups is 1. The molecule has 4 aromatic rings. The first-order valence-electron chi connectivity index (χ1n) is 12.2. The first-order chi connectivity index (χ1) is 18.5. The average molecular weight is 515 g/mol. The zero-order valence-corrected chi connectivity index (χ0v) is 20.6. The predicted molar refractivity (Wildman–Crippen MR) is 144 cm³/mol. The first kappa shape index (κ1) is 25.2. The number of aliphatic hydroxyl groups excluding tert-OH is 1. The molecule has 3 heterocycles. The van der Waals surface area contributed by atoms with Gasteiger partial charge in [-0.05, 0) is 42.8 Å². The minimum absolute atomic E-state index is 0.0913. The molecule has 1 saturated heterocycles. The molecule has 2 aromatic heterocycles. The molecular weight excluding hydrogens is 487 g/mol. The second-order valence-corrected chi connectivity index (χ2v) is 8.87. The molecule has 0 spiro atoms. The van der Waals surface area contributed by atoms with Crippen LogP contribution in [0.3, 0.4) is 0 Å². The van der Waals surface area contributed by atoms with Crippen molar-refractivity contribution >= 4 is 34.0 Å². The molecule has 0 radical (unpaired) electrons. The van der Waals surface area contributed by atoms with Gasteiger partial charge in [0.05, 0.1) is 23.5 Å². The van der Waals surface area contributed by atoms with Gasteiger partial charge in [-0.15, -0.1) is 0 Å². The highest BCUT2D eigenvalue weighted by Gasteiger charge is 2.25. The van der Waals surface area contributed by atoms with E-state index in [4.69, 9.17) is 4.74 Å². The van der Waals surface area contributed by atoms with Crippen LogP contribution in [0.15, 0.2) is 73.7 Å². The van der Waals surface area contributed by atoms with E-state index in [1.165, 1.54) is 18.5 Å². The van der Waals surface area contributed by atoms with Crippen LogP contribution in [0.2, 0.25) is 0 Å². The number of likely N-dealkylation sites (tertiary alicyclic amines) is 1. The van der Waals surface area contributed by atoms with Crippen LogP contribution in [0.5, 0.6) is 5.75 Å². The molecule has 1 aliphatic rings. The Hall–Kier alpha value is -4.41. The molecule has 0 unspecified atom stereocenters. The van der Waals surface area contributed by atoms with E-state index in [1.54, 1.807) is 48.7 Å². The summed E-state index contributed by atoms with van der Waals surface area (Å²) in [7, 11) is 0. The zero-order chi connectivity index (χ0) is 26.5. The standard InChI is InChI=1S/C28H27FN6O3/c1-2-27(37)34-25-14-21-24(15-26(25)38-19-8-10-35(16-19)11-12-36)31-17-32-28(21)33-18-7-9-30-23(13-18)20-5-3-4-6-22(20)29/h2-7,9,13-15,17,19,36H,1,8,10-12,16H2,(H,34,37)(H,30,31,32,33)/t19-/m1/s1. The summed E-state index contributed by atoms with van der Waals surface area (Å²) in [5.41, 5.74) is 2.60. The van der Waals surface area contributed by atoms with Crippen molar-refractivity contribution in [2.24, 2.45) is 0 Å². The third kappa shape index (κ3) is 5.61. The van der Waals surface area contributed by atoms with Crippen LogP contribution >= 0.6 is 0 Å². The molecule has 5 rings (SSSR count). The fourth-order valence-electron chi connectivity index (χ4n) is 4.44. The van der Waals surface area contributed by atoms with Crippen LogP contribution in [-0.2, 0) is 4.79 Å². The van der Waals surface area contributed by atoms with Gasteiger partial charge in [0.2, 0.25) is 5.91 Å². The van der Waals surface area contributed by atoms with Crippen molar-refractivity contribution in [1.82, 2.24) is 19.9 Å². The number of β-amino-alcohol motifs (C(OH)–C–C–N with tert-alkyl or cyclic N) is 1. The molecule has 194 valence electrons. The van der Waals surface area contributed by atoms with Crippen molar-refractivity contribution in [3.05, 3.63) is 79.5 Å². The lowest BCUT2D eigenvalue weighted by Crippen LogP contribution is -2.27. The summed E-state index contributed by atoms with van der Waals surface area (Å²) in [4.78, 5) is 27.5. The van der Waals surface area contributed by atoms with Crippen molar-refractivity contribution in [2.75, 3.05) is 36.9 Å². The number of aromatic nitrogens is 3. The Kier molecular flexibility index (Phi) is 7.52. The number of ether oxygens (including phenoxy) is 1. The number of nitrogens with zero attached hydrogens (tertiary/aromatic N) is 4. The van der Waals surface area contributed by atoms with Crippen molar-refractivity contribution in [3.8, 4) is 17.0 Å². The molecule has 10 heteroatoms. The van der Waals surface area contributed by atoms with E-state index in [2.05, 4.69) is 37.1 Å². The van der Waals surface area contributed by atoms with Crippen LogP contribution in [0, 0.1) is 5.82 Å². The van der Waals surface area contributed by atoms with Crippen LogP contribution in [0.25, 0.3) is 22.2 Å².